The van der Waals surface area contributed by atoms with Gasteiger partial charge >= 0.3 is 0 Å². The fourth-order valence-electron chi connectivity index (χ4n) is 2.35. The summed E-state index contributed by atoms with van der Waals surface area (Å²) < 4.78 is 5.56. The number of carbonyl (C=O) groups excluding carboxylic acids is 1. The number of nitrogens with zero attached hydrogens (tertiary/aromatic N) is 1. The van der Waals surface area contributed by atoms with Crippen molar-refractivity contribution in [2.24, 2.45) is 0 Å². The van der Waals surface area contributed by atoms with E-state index in [1.807, 2.05) is 51.4 Å². The predicted octanol–water partition coefficient (Wildman–Crippen LogP) is 3.58. The molecule has 1 unspecified atom stereocenters. The lowest BCUT2D eigenvalue weighted by molar-refractivity contribution is -0.116. The number of ether oxygens (including phenoxy) is 1. The van der Waals surface area contributed by atoms with Crippen LogP contribution in [0, 0.1) is 0 Å². The fraction of sp³-hybridized carbons (Fsp3) is 0.316. The van der Waals surface area contributed by atoms with E-state index < -0.39 is 0 Å². The largest absolute Gasteiger partial charge is 0.493 e. The molecule has 1 amide bonds. The smallest absolute Gasteiger partial charge is 0.244 e. The Bertz CT molecular complexity index is 666. The molecule has 24 heavy (non-hydrogen) atoms. The summed E-state index contributed by atoms with van der Waals surface area (Å²) in [6.07, 6.45) is 3.34. The van der Waals surface area contributed by atoms with Gasteiger partial charge in [0.2, 0.25) is 5.91 Å². The molecule has 1 atom stereocenters. The average Bonchev–Trinajstić information content (AvgIpc) is 3.08. The van der Waals surface area contributed by atoms with E-state index in [4.69, 9.17) is 4.74 Å². The second-order valence-electron chi connectivity index (χ2n) is 5.54. The Balaban J connectivity index is 1.95. The molecule has 2 aromatic rings. The van der Waals surface area contributed by atoms with Gasteiger partial charge < -0.3 is 15.0 Å². The van der Waals surface area contributed by atoms with Crippen LogP contribution >= 0.6 is 11.3 Å². The molecule has 0 aliphatic carbocycles. The van der Waals surface area contributed by atoms with E-state index in [2.05, 4.69) is 21.7 Å². The molecule has 2 rings (SSSR count). The van der Waals surface area contributed by atoms with Gasteiger partial charge in [-0.05, 0) is 44.6 Å². The van der Waals surface area contributed by atoms with Gasteiger partial charge in [-0.3, -0.25) is 4.79 Å². The normalized spacial score (nSPS) is 12.5. The summed E-state index contributed by atoms with van der Waals surface area (Å²) in [6.45, 7) is 3.12. The lowest BCUT2D eigenvalue weighted by Gasteiger charge is -2.23. The molecule has 128 valence electrons. The highest BCUT2D eigenvalue weighted by molar-refractivity contribution is 7.10. The maximum absolute atomic E-state index is 12.1. The van der Waals surface area contributed by atoms with E-state index in [0.29, 0.717) is 13.2 Å². The van der Waals surface area contributed by atoms with Crippen LogP contribution in [0.5, 0.6) is 5.75 Å². The number of hydrogen-bond donors (Lipinski definition) is 1. The summed E-state index contributed by atoms with van der Waals surface area (Å²) in [5.41, 5.74) is 0.900. The van der Waals surface area contributed by atoms with Crippen molar-refractivity contribution in [1.82, 2.24) is 10.2 Å². The summed E-state index contributed by atoms with van der Waals surface area (Å²) in [6, 6.07) is 12.0. The molecule has 0 saturated carbocycles. The fourth-order valence-corrected chi connectivity index (χ4v) is 3.27. The minimum Gasteiger partial charge on any atom is -0.493 e. The van der Waals surface area contributed by atoms with Crippen LogP contribution in [-0.4, -0.2) is 38.1 Å². The van der Waals surface area contributed by atoms with Crippen molar-refractivity contribution < 1.29 is 9.53 Å². The van der Waals surface area contributed by atoms with Crippen LogP contribution in [0.15, 0.2) is 47.9 Å². The van der Waals surface area contributed by atoms with Crippen molar-refractivity contribution in [2.75, 3.05) is 27.2 Å². The van der Waals surface area contributed by atoms with Crippen LogP contribution in [0.1, 0.15) is 23.4 Å². The van der Waals surface area contributed by atoms with Crippen LogP contribution in [0.4, 0.5) is 0 Å². The molecule has 0 fully saturated rings. The minimum atomic E-state index is -0.107. The maximum atomic E-state index is 12.1. The third-order valence-electron chi connectivity index (χ3n) is 3.60. The van der Waals surface area contributed by atoms with Gasteiger partial charge in [-0.1, -0.05) is 24.3 Å². The highest BCUT2D eigenvalue weighted by Crippen LogP contribution is 2.22. The van der Waals surface area contributed by atoms with Gasteiger partial charge in [0.1, 0.15) is 5.75 Å². The van der Waals surface area contributed by atoms with Gasteiger partial charge in [0, 0.05) is 23.1 Å². The zero-order valence-corrected chi connectivity index (χ0v) is 15.2. The summed E-state index contributed by atoms with van der Waals surface area (Å²) in [5, 5.41) is 5.03. The second-order valence-corrected chi connectivity index (χ2v) is 6.52. The van der Waals surface area contributed by atoms with Crippen molar-refractivity contribution in [3.63, 3.8) is 0 Å². The summed E-state index contributed by atoms with van der Waals surface area (Å²) in [5.74, 6) is 0.679. The second kappa shape index (κ2) is 9.25. The molecule has 1 heterocycles. The number of benzene rings is 1. The summed E-state index contributed by atoms with van der Waals surface area (Å²) in [7, 11) is 4.04. The van der Waals surface area contributed by atoms with Gasteiger partial charge in [-0.15, -0.1) is 11.3 Å². The van der Waals surface area contributed by atoms with Crippen LogP contribution < -0.4 is 10.1 Å². The topological polar surface area (TPSA) is 41.6 Å². The van der Waals surface area contributed by atoms with Crippen LogP contribution in [0.25, 0.3) is 6.08 Å². The molecule has 0 saturated heterocycles. The zero-order chi connectivity index (χ0) is 17.4. The van der Waals surface area contributed by atoms with E-state index in [1.54, 1.807) is 23.5 Å². The number of rotatable bonds is 8. The van der Waals surface area contributed by atoms with Gasteiger partial charge in [-0.25, -0.2) is 0 Å². The Hall–Kier alpha value is -2.11. The molecule has 0 aliphatic heterocycles. The first-order valence-corrected chi connectivity index (χ1v) is 8.87. The van der Waals surface area contributed by atoms with E-state index >= 15 is 0 Å². The lowest BCUT2D eigenvalue weighted by atomic mass is 10.2. The van der Waals surface area contributed by atoms with E-state index in [0.717, 1.165) is 11.3 Å². The van der Waals surface area contributed by atoms with E-state index in [9.17, 15) is 4.79 Å². The molecule has 0 bridgehead atoms. The number of carbonyl (C=O) groups is 1. The highest BCUT2D eigenvalue weighted by Gasteiger charge is 2.15. The first kappa shape index (κ1) is 18.2. The SMILES string of the molecule is CCOc1ccccc1/C=C/C(=O)NCC(c1cccs1)N(C)C. The molecule has 1 aromatic heterocycles. The minimum absolute atomic E-state index is 0.107. The molecular formula is C19H24N2O2S. The predicted molar refractivity (Wildman–Crippen MR) is 100 cm³/mol. The van der Waals surface area contributed by atoms with Crippen LogP contribution in [0.3, 0.4) is 0 Å². The Morgan fingerprint density at radius 1 is 1.29 bits per heavy atom. The number of likely N-dealkylation sites (N-methyl/N-ethyl adjacent to an activating group) is 1. The van der Waals surface area contributed by atoms with Gasteiger partial charge in [-0.2, -0.15) is 0 Å². The molecule has 1 aromatic carbocycles. The molecule has 0 spiro atoms. The quantitative estimate of drug-likeness (QED) is 0.744. The van der Waals surface area contributed by atoms with Crippen molar-refractivity contribution in [3.8, 4) is 5.75 Å². The summed E-state index contributed by atoms with van der Waals surface area (Å²) in [4.78, 5) is 15.5. The van der Waals surface area contributed by atoms with Crippen molar-refractivity contribution in [1.29, 1.82) is 0 Å². The van der Waals surface area contributed by atoms with Crippen LogP contribution in [-0.2, 0) is 4.79 Å². The first-order chi connectivity index (χ1) is 11.6. The molecule has 0 aliphatic rings. The zero-order valence-electron chi connectivity index (χ0n) is 14.4. The Labute approximate surface area is 147 Å². The van der Waals surface area contributed by atoms with E-state index in [-0.39, 0.29) is 11.9 Å². The third kappa shape index (κ3) is 5.22. The number of nitrogens with one attached hydrogen (secondary N) is 1. The standard InChI is InChI=1S/C19H24N2O2S/c1-4-23-17-9-6-5-8-15(17)11-12-19(22)20-14-16(21(2)3)18-10-7-13-24-18/h5-13,16H,4,14H2,1-3H3,(H,20,22)/b12-11+. The Kier molecular flexibility index (Phi) is 7.03. The van der Waals surface area contributed by atoms with E-state index in [1.165, 1.54) is 4.88 Å². The monoisotopic (exact) mass is 344 g/mol. The van der Waals surface area contributed by atoms with Gasteiger partial charge in [0.05, 0.1) is 12.6 Å². The molecule has 5 heteroatoms. The average molecular weight is 344 g/mol. The first-order valence-electron chi connectivity index (χ1n) is 7.99. The number of hydrogen-bond acceptors (Lipinski definition) is 4. The summed E-state index contributed by atoms with van der Waals surface area (Å²) >= 11 is 1.70. The number of para-hydroxylation sites is 1. The molecular weight excluding hydrogens is 320 g/mol. The Morgan fingerprint density at radius 2 is 2.08 bits per heavy atom. The van der Waals surface area contributed by atoms with Crippen LogP contribution in [0.2, 0.25) is 0 Å². The number of amides is 1. The molecule has 0 radical (unpaired) electrons. The number of thiophene rings is 1. The molecule has 4 nitrogen and oxygen atoms in total. The lowest BCUT2D eigenvalue weighted by Crippen LogP contribution is -2.33. The van der Waals surface area contributed by atoms with Crippen molar-refractivity contribution >= 4 is 23.3 Å². The molecule has 1 N–H and O–H groups in total. The van der Waals surface area contributed by atoms with Crippen molar-refractivity contribution in [2.45, 2.75) is 13.0 Å². The Morgan fingerprint density at radius 3 is 2.75 bits per heavy atom. The van der Waals surface area contributed by atoms with Gasteiger partial charge in [0.15, 0.2) is 0 Å². The highest BCUT2D eigenvalue weighted by atomic mass is 32.1. The maximum Gasteiger partial charge on any atom is 0.244 e. The van der Waals surface area contributed by atoms with Crippen molar-refractivity contribution in [3.05, 3.63) is 58.3 Å². The van der Waals surface area contributed by atoms with Gasteiger partial charge in [0.25, 0.3) is 0 Å². The third-order valence-corrected chi connectivity index (χ3v) is 4.57.